The van der Waals surface area contributed by atoms with Crippen LogP contribution in [-0.2, 0) is 0 Å². The zero-order valence-electron chi connectivity index (χ0n) is 12.3. The fourth-order valence-corrected chi connectivity index (χ4v) is 4.60. The Morgan fingerprint density at radius 2 is 2.20 bits per heavy atom. The molecular weight excluding hydrogens is 316 g/mol. The molecule has 1 heterocycles. The standard InChI is InChI=1S/C15H23BrN4/c1-3-17-14-13(16)15(19-9-18-14)20(2)8-12-7-10-4-5-11(12)6-10/h9-12H,3-8H2,1-2H3,(H,17,18,19). The van der Waals surface area contributed by atoms with Crippen LogP contribution < -0.4 is 10.2 Å². The monoisotopic (exact) mass is 338 g/mol. The molecule has 3 atom stereocenters. The van der Waals surface area contributed by atoms with Crippen molar-refractivity contribution in [2.75, 3.05) is 30.4 Å². The molecule has 2 saturated carbocycles. The summed E-state index contributed by atoms with van der Waals surface area (Å²) >= 11 is 3.64. The van der Waals surface area contributed by atoms with Crippen LogP contribution in [0.5, 0.6) is 0 Å². The average molecular weight is 339 g/mol. The molecule has 0 saturated heterocycles. The van der Waals surface area contributed by atoms with E-state index in [0.29, 0.717) is 0 Å². The van der Waals surface area contributed by atoms with E-state index in [9.17, 15) is 0 Å². The van der Waals surface area contributed by atoms with Crippen molar-refractivity contribution in [2.24, 2.45) is 17.8 Å². The Kier molecular flexibility index (Phi) is 4.15. The Morgan fingerprint density at radius 3 is 2.85 bits per heavy atom. The third-order valence-corrected chi connectivity index (χ3v) is 5.60. The van der Waals surface area contributed by atoms with Crippen LogP contribution in [0.25, 0.3) is 0 Å². The molecule has 5 heteroatoms. The predicted molar refractivity (Wildman–Crippen MR) is 86.1 cm³/mol. The highest BCUT2D eigenvalue weighted by molar-refractivity contribution is 9.10. The van der Waals surface area contributed by atoms with Crippen LogP contribution in [0.15, 0.2) is 10.8 Å². The first-order valence-corrected chi connectivity index (χ1v) is 8.43. The normalized spacial score (nSPS) is 27.9. The van der Waals surface area contributed by atoms with Gasteiger partial charge in [-0.25, -0.2) is 9.97 Å². The molecule has 2 aliphatic rings. The molecule has 0 radical (unpaired) electrons. The summed E-state index contributed by atoms with van der Waals surface area (Å²) in [5.74, 6) is 4.69. The van der Waals surface area contributed by atoms with E-state index in [1.54, 1.807) is 6.33 Å². The van der Waals surface area contributed by atoms with Gasteiger partial charge in [0, 0.05) is 20.1 Å². The molecule has 0 spiro atoms. The summed E-state index contributed by atoms with van der Waals surface area (Å²) in [7, 11) is 2.15. The Hall–Kier alpha value is -0.840. The number of aromatic nitrogens is 2. The van der Waals surface area contributed by atoms with Crippen molar-refractivity contribution < 1.29 is 0 Å². The van der Waals surface area contributed by atoms with Gasteiger partial charge in [-0.3, -0.25) is 0 Å². The van der Waals surface area contributed by atoms with Crippen LogP contribution in [-0.4, -0.2) is 30.1 Å². The molecule has 2 aliphatic carbocycles. The maximum absolute atomic E-state index is 4.45. The second-order valence-corrected chi connectivity index (χ2v) is 7.00. The number of anilines is 2. The van der Waals surface area contributed by atoms with Gasteiger partial charge in [-0.1, -0.05) is 6.42 Å². The van der Waals surface area contributed by atoms with Crippen molar-refractivity contribution >= 4 is 27.6 Å². The summed E-state index contributed by atoms with van der Waals surface area (Å²) in [4.78, 5) is 11.0. The molecule has 0 aliphatic heterocycles. The average Bonchev–Trinajstić information content (AvgIpc) is 3.03. The van der Waals surface area contributed by atoms with Gasteiger partial charge in [0.25, 0.3) is 0 Å². The Balaban J connectivity index is 1.70. The van der Waals surface area contributed by atoms with Gasteiger partial charge in [0.2, 0.25) is 0 Å². The molecule has 0 aromatic carbocycles. The van der Waals surface area contributed by atoms with Crippen LogP contribution in [0.4, 0.5) is 11.6 Å². The highest BCUT2D eigenvalue weighted by Crippen LogP contribution is 2.48. The lowest BCUT2D eigenvalue weighted by atomic mass is 9.88. The molecule has 110 valence electrons. The van der Waals surface area contributed by atoms with E-state index in [0.717, 1.165) is 47.0 Å². The summed E-state index contributed by atoms with van der Waals surface area (Å²) in [5, 5.41) is 3.27. The number of hydrogen-bond acceptors (Lipinski definition) is 4. The van der Waals surface area contributed by atoms with Crippen molar-refractivity contribution in [3.63, 3.8) is 0 Å². The zero-order valence-corrected chi connectivity index (χ0v) is 13.9. The van der Waals surface area contributed by atoms with Crippen LogP contribution in [0.1, 0.15) is 32.6 Å². The molecule has 20 heavy (non-hydrogen) atoms. The van der Waals surface area contributed by atoms with Crippen molar-refractivity contribution in [1.82, 2.24) is 9.97 Å². The lowest BCUT2D eigenvalue weighted by Crippen LogP contribution is -2.29. The molecule has 2 bridgehead atoms. The number of hydrogen-bond donors (Lipinski definition) is 1. The molecule has 1 aromatic heterocycles. The number of nitrogens with zero attached hydrogens (tertiary/aromatic N) is 3. The minimum absolute atomic E-state index is 0.850. The minimum atomic E-state index is 0.850. The summed E-state index contributed by atoms with van der Waals surface area (Å²) in [5.41, 5.74) is 0. The summed E-state index contributed by atoms with van der Waals surface area (Å²) < 4.78 is 0.979. The maximum Gasteiger partial charge on any atom is 0.148 e. The minimum Gasteiger partial charge on any atom is -0.369 e. The molecular formula is C15H23BrN4. The van der Waals surface area contributed by atoms with Crippen LogP contribution in [0.2, 0.25) is 0 Å². The van der Waals surface area contributed by atoms with E-state index in [1.807, 2.05) is 0 Å². The lowest BCUT2D eigenvalue weighted by Gasteiger charge is -2.28. The smallest absolute Gasteiger partial charge is 0.148 e. The van der Waals surface area contributed by atoms with E-state index in [1.165, 1.54) is 25.7 Å². The topological polar surface area (TPSA) is 41.1 Å². The lowest BCUT2D eigenvalue weighted by molar-refractivity contribution is 0.337. The molecule has 1 aromatic rings. The van der Waals surface area contributed by atoms with Crippen molar-refractivity contribution in [3.8, 4) is 0 Å². The van der Waals surface area contributed by atoms with E-state index >= 15 is 0 Å². The first-order valence-electron chi connectivity index (χ1n) is 7.64. The molecule has 0 amide bonds. The molecule has 3 unspecified atom stereocenters. The third kappa shape index (κ3) is 2.65. The third-order valence-electron chi connectivity index (χ3n) is 4.87. The predicted octanol–water partition coefficient (Wildman–Crippen LogP) is 3.54. The molecule has 2 fully saturated rings. The van der Waals surface area contributed by atoms with Gasteiger partial charge < -0.3 is 10.2 Å². The fraction of sp³-hybridized carbons (Fsp3) is 0.733. The second-order valence-electron chi connectivity index (χ2n) is 6.21. The van der Waals surface area contributed by atoms with Crippen molar-refractivity contribution in [3.05, 3.63) is 10.8 Å². The number of fused-ring (bicyclic) bond motifs is 2. The first kappa shape index (κ1) is 14.1. The van der Waals surface area contributed by atoms with Crippen molar-refractivity contribution in [2.45, 2.75) is 32.6 Å². The first-order chi connectivity index (χ1) is 9.69. The number of halogens is 1. The van der Waals surface area contributed by atoms with Gasteiger partial charge in [-0.15, -0.1) is 0 Å². The number of nitrogens with one attached hydrogen (secondary N) is 1. The second kappa shape index (κ2) is 5.88. The fourth-order valence-electron chi connectivity index (χ4n) is 3.96. The van der Waals surface area contributed by atoms with Crippen molar-refractivity contribution in [1.29, 1.82) is 0 Å². The van der Waals surface area contributed by atoms with Crippen LogP contribution >= 0.6 is 15.9 Å². The number of rotatable bonds is 5. The van der Waals surface area contributed by atoms with E-state index < -0.39 is 0 Å². The maximum atomic E-state index is 4.45. The highest BCUT2D eigenvalue weighted by atomic mass is 79.9. The molecule has 3 rings (SSSR count). The van der Waals surface area contributed by atoms with Gasteiger partial charge in [-0.05, 0) is 59.9 Å². The van der Waals surface area contributed by atoms with Gasteiger partial charge in [-0.2, -0.15) is 0 Å². The van der Waals surface area contributed by atoms with E-state index in [-0.39, 0.29) is 0 Å². The Bertz CT molecular complexity index is 479. The Morgan fingerprint density at radius 1 is 1.35 bits per heavy atom. The summed E-state index contributed by atoms with van der Waals surface area (Å²) in [6, 6.07) is 0. The van der Waals surface area contributed by atoms with Gasteiger partial charge in [0.1, 0.15) is 22.4 Å². The van der Waals surface area contributed by atoms with E-state index in [4.69, 9.17) is 0 Å². The SMILES string of the molecule is CCNc1ncnc(N(C)CC2CC3CCC2C3)c1Br. The molecule has 4 nitrogen and oxygen atoms in total. The van der Waals surface area contributed by atoms with E-state index in [2.05, 4.69) is 50.1 Å². The summed E-state index contributed by atoms with van der Waals surface area (Å²) in [6.07, 6.45) is 7.43. The van der Waals surface area contributed by atoms with Gasteiger partial charge >= 0.3 is 0 Å². The largest absolute Gasteiger partial charge is 0.369 e. The summed E-state index contributed by atoms with van der Waals surface area (Å²) in [6.45, 7) is 4.06. The van der Waals surface area contributed by atoms with Gasteiger partial charge in [0.05, 0.1) is 0 Å². The van der Waals surface area contributed by atoms with Crippen LogP contribution in [0.3, 0.4) is 0 Å². The zero-order chi connectivity index (χ0) is 14.1. The Labute approximate surface area is 129 Å². The molecule has 1 N–H and O–H groups in total. The quantitative estimate of drug-likeness (QED) is 0.891. The van der Waals surface area contributed by atoms with Crippen LogP contribution in [0, 0.1) is 17.8 Å². The highest BCUT2D eigenvalue weighted by Gasteiger charge is 2.39. The van der Waals surface area contributed by atoms with Gasteiger partial charge in [0.15, 0.2) is 0 Å².